The molecule has 2 aromatic heterocycles. The van der Waals surface area contributed by atoms with Gasteiger partial charge in [0, 0.05) is 30.4 Å². The summed E-state index contributed by atoms with van der Waals surface area (Å²) in [5.41, 5.74) is 1.11. The zero-order valence-corrected chi connectivity index (χ0v) is 12.4. The highest BCUT2D eigenvalue weighted by atomic mass is 32.2. The van der Waals surface area contributed by atoms with Gasteiger partial charge >= 0.3 is 0 Å². The Bertz CT molecular complexity index is 506. The van der Waals surface area contributed by atoms with Gasteiger partial charge in [0.2, 0.25) is 0 Å². The van der Waals surface area contributed by atoms with E-state index in [-0.39, 0.29) is 0 Å². The Balaban J connectivity index is 2.05. The lowest BCUT2D eigenvalue weighted by Gasteiger charge is -2.15. The van der Waals surface area contributed by atoms with Crippen LogP contribution in [0.4, 0.5) is 0 Å². The first-order chi connectivity index (χ1) is 9.22. The fourth-order valence-electron chi connectivity index (χ4n) is 1.95. The van der Waals surface area contributed by atoms with Crippen LogP contribution >= 0.6 is 11.8 Å². The summed E-state index contributed by atoms with van der Waals surface area (Å²) in [4.78, 5) is 6.84. The van der Waals surface area contributed by atoms with E-state index >= 15 is 0 Å². The molecular formula is C14H20N4S. The highest BCUT2D eigenvalue weighted by Crippen LogP contribution is 2.27. The molecule has 4 nitrogen and oxygen atoms in total. The van der Waals surface area contributed by atoms with Crippen LogP contribution in [0.25, 0.3) is 0 Å². The first kappa shape index (κ1) is 14.1. The number of nitrogens with one attached hydrogen (secondary N) is 1. The molecule has 2 heterocycles. The zero-order valence-electron chi connectivity index (χ0n) is 11.6. The number of hydrogen-bond donors (Lipinski definition) is 1. The predicted molar refractivity (Wildman–Crippen MR) is 78.3 cm³/mol. The SMILES string of the molecule is CCNC(CC)c1ccc(Sc2cnn(C)c2)cn1. The van der Waals surface area contributed by atoms with E-state index in [0.717, 1.165) is 28.5 Å². The van der Waals surface area contributed by atoms with Crippen molar-refractivity contribution >= 4 is 11.8 Å². The Labute approximate surface area is 118 Å². The molecule has 1 unspecified atom stereocenters. The third kappa shape index (κ3) is 3.81. The minimum Gasteiger partial charge on any atom is -0.309 e. The van der Waals surface area contributed by atoms with E-state index in [1.807, 2.05) is 30.3 Å². The van der Waals surface area contributed by atoms with E-state index in [9.17, 15) is 0 Å². The van der Waals surface area contributed by atoms with Crippen molar-refractivity contribution in [3.05, 3.63) is 36.4 Å². The molecule has 0 radical (unpaired) electrons. The molecule has 1 atom stereocenters. The highest BCUT2D eigenvalue weighted by molar-refractivity contribution is 7.99. The molecule has 0 spiro atoms. The van der Waals surface area contributed by atoms with Gasteiger partial charge in [-0.25, -0.2) is 0 Å². The van der Waals surface area contributed by atoms with Gasteiger partial charge in [-0.1, -0.05) is 25.6 Å². The van der Waals surface area contributed by atoms with E-state index in [4.69, 9.17) is 0 Å². The average molecular weight is 276 g/mol. The molecule has 2 rings (SSSR count). The number of pyridine rings is 1. The van der Waals surface area contributed by atoms with Crippen LogP contribution < -0.4 is 5.32 Å². The second kappa shape index (κ2) is 6.73. The Hall–Kier alpha value is -1.33. The van der Waals surface area contributed by atoms with Gasteiger partial charge in [-0.2, -0.15) is 5.10 Å². The van der Waals surface area contributed by atoms with Crippen molar-refractivity contribution in [3.8, 4) is 0 Å². The summed E-state index contributed by atoms with van der Waals surface area (Å²) in [5, 5.41) is 7.60. The molecule has 0 bridgehead atoms. The van der Waals surface area contributed by atoms with Gasteiger partial charge in [0.25, 0.3) is 0 Å². The first-order valence-corrected chi connectivity index (χ1v) is 7.40. The molecule has 0 saturated carbocycles. The van der Waals surface area contributed by atoms with Crippen LogP contribution in [0, 0.1) is 0 Å². The number of nitrogens with zero attached hydrogens (tertiary/aromatic N) is 3. The van der Waals surface area contributed by atoms with Crippen molar-refractivity contribution in [2.24, 2.45) is 7.05 Å². The zero-order chi connectivity index (χ0) is 13.7. The quantitative estimate of drug-likeness (QED) is 0.880. The van der Waals surface area contributed by atoms with Crippen LogP contribution in [0.15, 0.2) is 40.5 Å². The predicted octanol–water partition coefficient (Wildman–Crippen LogP) is 3.03. The fraction of sp³-hybridized carbons (Fsp3) is 0.429. The minimum atomic E-state index is 0.349. The molecule has 0 aliphatic heterocycles. The second-order valence-electron chi connectivity index (χ2n) is 4.39. The Morgan fingerprint density at radius 3 is 2.63 bits per heavy atom. The lowest BCUT2D eigenvalue weighted by Crippen LogP contribution is -2.20. The van der Waals surface area contributed by atoms with Crippen molar-refractivity contribution in [3.63, 3.8) is 0 Å². The largest absolute Gasteiger partial charge is 0.309 e. The molecule has 1 N–H and O–H groups in total. The van der Waals surface area contributed by atoms with Crippen molar-refractivity contribution in [2.45, 2.75) is 36.1 Å². The number of aryl methyl sites for hydroxylation is 1. The molecule has 5 heteroatoms. The number of rotatable bonds is 6. The van der Waals surface area contributed by atoms with E-state index in [0.29, 0.717) is 6.04 Å². The van der Waals surface area contributed by atoms with E-state index in [1.165, 1.54) is 0 Å². The molecule has 102 valence electrons. The molecule has 0 aliphatic rings. The lowest BCUT2D eigenvalue weighted by molar-refractivity contribution is 0.524. The van der Waals surface area contributed by atoms with E-state index in [1.54, 1.807) is 11.8 Å². The van der Waals surface area contributed by atoms with Gasteiger partial charge in [0.05, 0.1) is 16.8 Å². The normalized spacial score (nSPS) is 12.6. The molecule has 2 aromatic rings. The maximum Gasteiger partial charge on any atom is 0.0629 e. The average Bonchev–Trinajstić information content (AvgIpc) is 2.82. The highest BCUT2D eigenvalue weighted by Gasteiger charge is 2.09. The third-order valence-electron chi connectivity index (χ3n) is 2.89. The number of hydrogen-bond acceptors (Lipinski definition) is 4. The summed E-state index contributed by atoms with van der Waals surface area (Å²) in [6.07, 6.45) is 6.86. The van der Waals surface area contributed by atoms with E-state index < -0.39 is 0 Å². The van der Waals surface area contributed by atoms with Crippen LogP contribution in [0.5, 0.6) is 0 Å². The van der Waals surface area contributed by atoms with Crippen molar-refractivity contribution in [2.75, 3.05) is 6.54 Å². The van der Waals surface area contributed by atoms with Crippen LogP contribution in [0.2, 0.25) is 0 Å². The third-order valence-corrected chi connectivity index (χ3v) is 3.82. The van der Waals surface area contributed by atoms with Gasteiger partial charge < -0.3 is 5.32 Å². The van der Waals surface area contributed by atoms with Gasteiger partial charge in [-0.15, -0.1) is 0 Å². The van der Waals surface area contributed by atoms with Crippen molar-refractivity contribution in [1.29, 1.82) is 0 Å². The molecule has 19 heavy (non-hydrogen) atoms. The first-order valence-electron chi connectivity index (χ1n) is 6.58. The summed E-state index contributed by atoms with van der Waals surface area (Å²) in [6, 6.07) is 4.58. The van der Waals surface area contributed by atoms with Gasteiger partial charge in [0.1, 0.15) is 0 Å². The Kier molecular flexibility index (Phi) is 4.99. The van der Waals surface area contributed by atoms with Gasteiger partial charge in [0.15, 0.2) is 0 Å². The summed E-state index contributed by atoms with van der Waals surface area (Å²) in [6.45, 7) is 5.26. The van der Waals surface area contributed by atoms with Crippen LogP contribution in [-0.2, 0) is 7.05 Å². The Morgan fingerprint density at radius 2 is 2.11 bits per heavy atom. The summed E-state index contributed by atoms with van der Waals surface area (Å²) in [5.74, 6) is 0. The minimum absolute atomic E-state index is 0.349. The van der Waals surface area contributed by atoms with Crippen molar-refractivity contribution < 1.29 is 0 Å². The van der Waals surface area contributed by atoms with Crippen LogP contribution in [0.3, 0.4) is 0 Å². The van der Waals surface area contributed by atoms with Crippen LogP contribution in [-0.4, -0.2) is 21.3 Å². The van der Waals surface area contributed by atoms with Crippen molar-refractivity contribution in [1.82, 2.24) is 20.1 Å². The molecule has 0 aliphatic carbocycles. The monoisotopic (exact) mass is 276 g/mol. The van der Waals surface area contributed by atoms with E-state index in [2.05, 4.69) is 41.4 Å². The summed E-state index contributed by atoms with van der Waals surface area (Å²) in [7, 11) is 1.92. The fourth-order valence-corrected chi connectivity index (χ4v) is 2.77. The smallest absolute Gasteiger partial charge is 0.0629 e. The second-order valence-corrected chi connectivity index (χ2v) is 5.54. The van der Waals surface area contributed by atoms with Gasteiger partial charge in [-0.05, 0) is 25.1 Å². The summed E-state index contributed by atoms with van der Waals surface area (Å²) >= 11 is 1.68. The molecule has 0 amide bonds. The summed E-state index contributed by atoms with van der Waals surface area (Å²) < 4.78 is 1.81. The molecular weight excluding hydrogens is 256 g/mol. The maximum atomic E-state index is 4.56. The topological polar surface area (TPSA) is 42.7 Å². The Morgan fingerprint density at radius 1 is 1.26 bits per heavy atom. The maximum absolute atomic E-state index is 4.56. The standard InChI is InChI=1S/C14H20N4S/c1-4-13(15-5-2)14-7-6-11(8-16-14)19-12-9-17-18(3)10-12/h6-10,13,15H,4-5H2,1-3H3. The van der Waals surface area contributed by atoms with Gasteiger partial charge in [-0.3, -0.25) is 9.67 Å². The number of aromatic nitrogens is 3. The molecule has 0 fully saturated rings. The van der Waals surface area contributed by atoms with Crippen LogP contribution in [0.1, 0.15) is 32.0 Å². The molecule has 0 saturated heterocycles. The molecule has 0 aromatic carbocycles. The lowest BCUT2D eigenvalue weighted by atomic mass is 10.1.